The van der Waals surface area contributed by atoms with E-state index in [-0.39, 0.29) is 0 Å². The lowest BCUT2D eigenvalue weighted by Gasteiger charge is -2.16. The number of para-hydroxylation sites is 3. The van der Waals surface area contributed by atoms with E-state index >= 15 is 0 Å². The molecule has 16 rings (SSSR count). The highest BCUT2D eigenvalue weighted by Gasteiger charge is 2.25. The number of hydrogen-bond donors (Lipinski definition) is 0. The van der Waals surface area contributed by atoms with E-state index < -0.39 is 0 Å². The fourth-order valence-electron chi connectivity index (χ4n) is 12.2. The summed E-state index contributed by atoms with van der Waals surface area (Å²) in [6.07, 6.45) is 0. The molecule has 0 unspecified atom stereocenters. The van der Waals surface area contributed by atoms with E-state index in [2.05, 4.69) is 240 Å². The van der Waals surface area contributed by atoms with Crippen LogP contribution < -0.4 is 0 Å². The normalized spacial score (nSPS) is 12.3. The Balaban J connectivity index is 0.877. The summed E-state index contributed by atoms with van der Waals surface area (Å²) in [5.41, 5.74) is 16.1. The van der Waals surface area contributed by atoms with Crippen molar-refractivity contribution in [3.63, 3.8) is 0 Å². The van der Waals surface area contributed by atoms with Gasteiger partial charge in [-0.3, -0.25) is 0 Å². The highest BCUT2D eigenvalue weighted by molar-refractivity contribution is 6.22. The van der Waals surface area contributed by atoms with Crippen LogP contribution >= 0.6 is 0 Å². The number of fused-ring (bicyclic) bond motifs is 14. The molecule has 12 aromatic carbocycles. The third-order valence-electron chi connectivity index (χ3n) is 15.2. The maximum absolute atomic E-state index is 5.55. The first-order chi connectivity index (χ1) is 34.7. The fraction of sp³-hybridized carbons (Fsp3) is 0. The minimum Gasteiger partial charge on any atom is -0.309 e. The van der Waals surface area contributed by atoms with Crippen LogP contribution in [0.4, 0.5) is 0 Å². The Morgan fingerprint density at radius 3 is 1.76 bits per heavy atom. The molecule has 0 saturated carbocycles. The summed E-state index contributed by atoms with van der Waals surface area (Å²) in [5.74, 6) is 0.712. The van der Waals surface area contributed by atoms with Gasteiger partial charge >= 0.3 is 0 Å². The molecule has 0 aliphatic heterocycles. The van der Waals surface area contributed by atoms with Gasteiger partial charge in [-0.25, -0.2) is 9.97 Å². The minimum atomic E-state index is 0.712. The van der Waals surface area contributed by atoms with Crippen LogP contribution in [0.5, 0.6) is 0 Å². The molecule has 0 saturated heterocycles. The molecule has 4 nitrogen and oxygen atoms in total. The van der Waals surface area contributed by atoms with Crippen molar-refractivity contribution in [1.82, 2.24) is 19.1 Å². The number of nitrogens with zero attached hydrogens (tertiary/aromatic N) is 4. The average molecular weight is 887 g/mol. The van der Waals surface area contributed by atoms with Gasteiger partial charge in [-0.1, -0.05) is 170 Å². The highest BCUT2D eigenvalue weighted by atomic mass is 15.0. The smallest absolute Gasteiger partial charge is 0.161 e. The summed E-state index contributed by atoms with van der Waals surface area (Å²) >= 11 is 0. The van der Waals surface area contributed by atoms with Crippen LogP contribution in [0.15, 0.2) is 231 Å². The molecule has 3 heterocycles. The van der Waals surface area contributed by atoms with Crippen molar-refractivity contribution in [3.05, 3.63) is 231 Å². The topological polar surface area (TPSA) is 35.6 Å². The van der Waals surface area contributed by atoms with Crippen molar-refractivity contribution in [3.8, 4) is 56.3 Å². The molecule has 1 aliphatic rings. The number of benzene rings is 12. The van der Waals surface area contributed by atoms with Gasteiger partial charge in [-0.05, 0) is 121 Å². The van der Waals surface area contributed by atoms with Crippen LogP contribution in [0.3, 0.4) is 0 Å². The molecular formula is C66H38N4. The van der Waals surface area contributed by atoms with Gasteiger partial charge < -0.3 is 9.13 Å². The molecule has 70 heavy (non-hydrogen) atoms. The van der Waals surface area contributed by atoms with Gasteiger partial charge in [0.15, 0.2) is 5.82 Å². The molecule has 0 atom stereocenters. The van der Waals surface area contributed by atoms with Crippen LogP contribution in [0, 0.1) is 0 Å². The van der Waals surface area contributed by atoms with Crippen LogP contribution in [0.2, 0.25) is 0 Å². The largest absolute Gasteiger partial charge is 0.309 e. The molecule has 4 heteroatoms. The Bertz CT molecular complexity index is 4750. The maximum atomic E-state index is 5.55. The number of rotatable bonds is 4. The summed E-state index contributed by atoms with van der Waals surface area (Å²) in [7, 11) is 0. The Labute approximate surface area is 401 Å². The average Bonchev–Trinajstić information content (AvgIpc) is 4.06. The van der Waals surface area contributed by atoms with E-state index in [1.807, 2.05) is 0 Å². The quantitative estimate of drug-likeness (QED) is 0.176. The van der Waals surface area contributed by atoms with E-state index in [0.29, 0.717) is 5.82 Å². The molecule has 15 aromatic rings. The monoisotopic (exact) mass is 886 g/mol. The Morgan fingerprint density at radius 1 is 0.271 bits per heavy atom. The molecule has 0 spiro atoms. The standard InChI is InChI=1S/C66H38N4/c1-2-15-43-39(14-1)29-34-61-64(43)55-22-9-12-27-59(55)69(61)42-30-28-40-38-62-56(37-41(40)36-42)48-20-8-11-26-58(48)70(62)60-35-33-53(46-18-5-6-19-47(46)60)66-67-57-25-10-7-21-54(57)65(68-66)52-32-31-51-45-17-4-3-16-44(45)49-23-13-24-50(52)63(49)51/h1-38H. The first kappa shape index (κ1) is 37.7. The second-order valence-electron chi connectivity index (χ2n) is 18.8. The van der Waals surface area contributed by atoms with Gasteiger partial charge in [0.05, 0.1) is 39.0 Å². The molecule has 3 aromatic heterocycles. The molecule has 0 bridgehead atoms. The van der Waals surface area contributed by atoms with Crippen molar-refractivity contribution in [2.75, 3.05) is 0 Å². The molecule has 322 valence electrons. The van der Waals surface area contributed by atoms with Crippen molar-refractivity contribution in [2.24, 2.45) is 0 Å². The summed E-state index contributed by atoms with van der Waals surface area (Å²) < 4.78 is 4.89. The van der Waals surface area contributed by atoms with Crippen LogP contribution in [-0.2, 0) is 0 Å². The van der Waals surface area contributed by atoms with E-state index in [0.717, 1.165) is 49.9 Å². The summed E-state index contributed by atoms with van der Waals surface area (Å²) in [6, 6.07) is 84.4. The van der Waals surface area contributed by atoms with Crippen LogP contribution in [-0.4, -0.2) is 19.1 Å². The van der Waals surface area contributed by atoms with Crippen LogP contribution in [0.1, 0.15) is 0 Å². The fourth-order valence-corrected chi connectivity index (χ4v) is 12.2. The van der Waals surface area contributed by atoms with Crippen LogP contribution in [0.25, 0.3) is 154 Å². The van der Waals surface area contributed by atoms with E-state index in [1.165, 1.54) is 98.2 Å². The van der Waals surface area contributed by atoms with Gasteiger partial charge in [-0.15, -0.1) is 0 Å². The zero-order valence-corrected chi connectivity index (χ0v) is 37.7. The first-order valence-corrected chi connectivity index (χ1v) is 24.1. The second-order valence-corrected chi connectivity index (χ2v) is 18.8. The predicted molar refractivity (Wildman–Crippen MR) is 294 cm³/mol. The SMILES string of the molecule is c1ccc2c(c1)-c1cccc3c(-c4nc(-c5ccc(-n6c7ccccc7c7cc8cc(-n9c%10ccccc%10c%10c%11ccccc%11ccc%109)ccc8cc76)c6ccccc56)nc5ccccc45)ccc-2c13. The van der Waals surface area contributed by atoms with Crippen molar-refractivity contribution >= 4 is 97.6 Å². The zero-order valence-electron chi connectivity index (χ0n) is 37.7. The Kier molecular flexibility index (Phi) is 7.58. The minimum absolute atomic E-state index is 0.712. The van der Waals surface area contributed by atoms with Crippen molar-refractivity contribution in [1.29, 1.82) is 0 Å². The molecule has 0 amide bonds. The predicted octanol–water partition coefficient (Wildman–Crippen LogP) is 17.4. The molecular weight excluding hydrogens is 849 g/mol. The van der Waals surface area contributed by atoms with E-state index in [9.17, 15) is 0 Å². The molecule has 0 radical (unpaired) electrons. The summed E-state index contributed by atoms with van der Waals surface area (Å²) in [6.45, 7) is 0. The molecule has 1 aliphatic carbocycles. The third-order valence-corrected chi connectivity index (χ3v) is 15.2. The van der Waals surface area contributed by atoms with Gasteiger partial charge in [0.2, 0.25) is 0 Å². The van der Waals surface area contributed by atoms with Gasteiger partial charge in [0.1, 0.15) is 0 Å². The van der Waals surface area contributed by atoms with Crippen molar-refractivity contribution in [2.45, 2.75) is 0 Å². The summed E-state index contributed by atoms with van der Waals surface area (Å²) in [5, 5.41) is 15.7. The molecule has 0 fully saturated rings. The number of hydrogen-bond acceptors (Lipinski definition) is 2. The van der Waals surface area contributed by atoms with Crippen molar-refractivity contribution < 1.29 is 0 Å². The lowest BCUT2D eigenvalue weighted by atomic mass is 9.95. The lowest BCUT2D eigenvalue weighted by molar-refractivity contribution is 1.18. The lowest BCUT2D eigenvalue weighted by Crippen LogP contribution is -1.99. The maximum Gasteiger partial charge on any atom is 0.161 e. The van der Waals surface area contributed by atoms with E-state index in [1.54, 1.807) is 0 Å². The van der Waals surface area contributed by atoms with Gasteiger partial charge in [0, 0.05) is 49.1 Å². The molecule has 0 N–H and O–H groups in total. The third kappa shape index (κ3) is 5.14. The van der Waals surface area contributed by atoms with Gasteiger partial charge in [-0.2, -0.15) is 0 Å². The highest BCUT2D eigenvalue weighted by Crippen LogP contribution is 2.50. The van der Waals surface area contributed by atoms with E-state index in [4.69, 9.17) is 9.97 Å². The Hall–Kier alpha value is -9.38. The number of aromatic nitrogens is 4. The second kappa shape index (κ2) is 14.1. The first-order valence-electron chi connectivity index (χ1n) is 24.1. The summed E-state index contributed by atoms with van der Waals surface area (Å²) in [4.78, 5) is 10.9. The van der Waals surface area contributed by atoms with Gasteiger partial charge in [0.25, 0.3) is 0 Å². The Morgan fingerprint density at radius 2 is 0.900 bits per heavy atom. The zero-order chi connectivity index (χ0) is 45.6.